The monoisotopic (exact) mass is 368 g/mol. The molecule has 0 bridgehead atoms. The molecule has 3 aromatic heterocycles. The lowest BCUT2D eigenvalue weighted by molar-refractivity contribution is 0.217. The number of aromatic nitrogens is 5. The van der Waals surface area contributed by atoms with Gasteiger partial charge in [-0.2, -0.15) is 5.26 Å². The van der Waals surface area contributed by atoms with Crippen LogP contribution in [0.15, 0.2) is 16.8 Å². The van der Waals surface area contributed by atoms with Gasteiger partial charge < -0.3 is 4.42 Å². The summed E-state index contributed by atoms with van der Waals surface area (Å²) in [5, 5.41) is 21.1. The number of fused-ring (bicyclic) bond motifs is 1. The second-order valence-electron chi connectivity index (χ2n) is 7.74. The Morgan fingerprint density at radius 1 is 1.38 bits per heavy atom. The van der Waals surface area contributed by atoms with E-state index in [9.17, 15) is 0 Å². The smallest absolute Gasteiger partial charge is 0.257 e. The highest BCUT2D eigenvalue weighted by Gasteiger charge is 2.30. The minimum atomic E-state index is 0.129. The highest BCUT2D eigenvalue weighted by molar-refractivity contribution is 7.15. The fourth-order valence-corrected chi connectivity index (χ4v) is 4.48. The van der Waals surface area contributed by atoms with E-state index in [1.54, 1.807) is 11.3 Å². The first-order valence-electron chi connectivity index (χ1n) is 8.66. The van der Waals surface area contributed by atoms with Crippen LogP contribution in [0.5, 0.6) is 0 Å². The van der Waals surface area contributed by atoms with Gasteiger partial charge in [0.25, 0.3) is 11.7 Å². The van der Waals surface area contributed by atoms with E-state index in [0.717, 1.165) is 17.7 Å². The molecule has 7 nitrogen and oxygen atoms in total. The van der Waals surface area contributed by atoms with Gasteiger partial charge in [0.15, 0.2) is 0 Å². The normalized spacial score (nSPS) is 17.1. The second-order valence-corrected chi connectivity index (χ2v) is 8.88. The highest BCUT2D eigenvalue weighted by atomic mass is 32.1. The van der Waals surface area contributed by atoms with Crippen molar-refractivity contribution in [3.8, 4) is 16.8 Å². The maximum Gasteiger partial charge on any atom is 0.257 e. The molecular weight excluding hydrogens is 348 g/mol. The molecule has 4 rings (SSSR count). The first kappa shape index (κ1) is 16.9. The summed E-state index contributed by atoms with van der Waals surface area (Å²) < 4.78 is 7.32. The molecule has 134 valence electrons. The van der Waals surface area contributed by atoms with Crippen LogP contribution in [0, 0.1) is 22.7 Å². The number of hydrogen-bond acceptors (Lipinski definition) is 7. The minimum Gasteiger partial charge on any atom is -0.418 e. The Bertz CT molecular complexity index is 971. The Hall–Kier alpha value is -2.53. The third-order valence-electron chi connectivity index (χ3n) is 4.92. The molecule has 0 unspecified atom stereocenters. The summed E-state index contributed by atoms with van der Waals surface area (Å²) >= 11 is 1.75. The molecule has 3 heterocycles. The quantitative estimate of drug-likeness (QED) is 0.703. The molecule has 26 heavy (non-hydrogen) atoms. The van der Waals surface area contributed by atoms with Gasteiger partial charge in [0.2, 0.25) is 5.89 Å². The average Bonchev–Trinajstić information content (AvgIpc) is 3.32. The van der Waals surface area contributed by atoms with E-state index in [1.807, 2.05) is 6.07 Å². The molecule has 0 spiro atoms. The van der Waals surface area contributed by atoms with E-state index in [1.165, 1.54) is 27.9 Å². The van der Waals surface area contributed by atoms with Crippen molar-refractivity contribution >= 4 is 11.3 Å². The van der Waals surface area contributed by atoms with Gasteiger partial charge in [-0.25, -0.2) is 9.67 Å². The number of hydrogen-bond donors (Lipinski definition) is 0. The van der Waals surface area contributed by atoms with Gasteiger partial charge in [-0.05, 0) is 42.2 Å². The van der Waals surface area contributed by atoms with Crippen LogP contribution in [0.4, 0.5) is 0 Å². The van der Waals surface area contributed by atoms with Gasteiger partial charge in [0.05, 0.1) is 4.88 Å². The molecule has 0 aliphatic heterocycles. The summed E-state index contributed by atoms with van der Waals surface area (Å²) in [4.78, 5) is 6.34. The van der Waals surface area contributed by atoms with Gasteiger partial charge in [-0.3, -0.25) is 0 Å². The molecule has 3 aromatic rings. The van der Waals surface area contributed by atoms with E-state index in [2.05, 4.69) is 47.1 Å². The van der Waals surface area contributed by atoms with E-state index in [-0.39, 0.29) is 5.82 Å². The first-order chi connectivity index (χ1) is 12.4. The molecule has 8 heteroatoms. The van der Waals surface area contributed by atoms with E-state index in [0.29, 0.717) is 29.7 Å². The van der Waals surface area contributed by atoms with Crippen molar-refractivity contribution in [2.45, 2.75) is 46.6 Å². The molecular formula is C18H20N6OS. The van der Waals surface area contributed by atoms with Gasteiger partial charge in [-0.1, -0.05) is 20.8 Å². The summed E-state index contributed by atoms with van der Waals surface area (Å²) in [6.07, 6.45) is 4.96. The predicted molar refractivity (Wildman–Crippen MR) is 96.4 cm³/mol. The van der Waals surface area contributed by atoms with Crippen molar-refractivity contribution in [2.75, 3.05) is 0 Å². The Labute approximate surface area is 155 Å². The Kier molecular flexibility index (Phi) is 4.11. The van der Waals surface area contributed by atoms with E-state index >= 15 is 0 Å². The maximum absolute atomic E-state index is 8.78. The molecule has 0 amide bonds. The highest BCUT2D eigenvalue weighted by Crippen LogP contribution is 2.42. The fourth-order valence-electron chi connectivity index (χ4n) is 3.35. The van der Waals surface area contributed by atoms with Crippen LogP contribution in [0.3, 0.4) is 0 Å². The molecule has 1 aliphatic rings. The topological polar surface area (TPSA) is 93.4 Å². The van der Waals surface area contributed by atoms with Crippen LogP contribution < -0.4 is 0 Å². The van der Waals surface area contributed by atoms with Crippen molar-refractivity contribution < 1.29 is 4.42 Å². The lowest BCUT2D eigenvalue weighted by Crippen LogP contribution is -2.26. The number of nitriles is 1. The molecule has 0 N–H and O–H groups in total. The van der Waals surface area contributed by atoms with Crippen LogP contribution in [0.25, 0.3) is 10.8 Å². The molecule has 0 radical (unpaired) electrons. The summed E-state index contributed by atoms with van der Waals surface area (Å²) in [6.45, 7) is 7.27. The van der Waals surface area contributed by atoms with Crippen LogP contribution in [0.1, 0.15) is 49.3 Å². The van der Waals surface area contributed by atoms with Gasteiger partial charge in [-0.15, -0.1) is 26.6 Å². The van der Waals surface area contributed by atoms with Crippen LogP contribution in [-0.4, -0.2) is 25.0 Å². The Morgan fingerprint density at radius 2 is 2.23 bits per heavy atom. The van der Waals surface area contributed by atoms with Crippen molar-refractivity contribution in [3.63, 3.8) is 0 Å². The second kappa shape index (κ2) is 6.32. The number of rotatable bonds is 3. The summed E-state index contributed by atoms with van der Waals surface area (Å²) in [6, 6.07) is 4.10. The van der Waals surface area contributed by atoms with E-state index < -0.39 is 0 Å². The predicted octanol–water partition coefficient (Wildman–Crippen LogP) is 3.46. The van der Waals surface area contributed by atoms with Gasteiger partial charge in [0, 0.05) is 4.88 Å². The van der Waals surface area contributed by atoms with Crippen molar-refractivity contribution in [2.24, 2.45) is 11.3 Å². The van der Waals surface area contributed by atoms with Crippen molar-refractivity contribution in [1.29, 1.82) is 5.26 Å². The first-order valence-corrected chi connectivity index (χ1v) is 9.48. The van der Waals surface area contributed by atoms with Crippen LogP contribution in [0.2, 0.25) is 0 Å². The van der Waals surface area contributed by atoms with Crippen molar-refractivity contribution in [1.82, 2.24) is 25.0 Å². The standard InChI is InChI=1S/C18H20N6OS/c1-18(2,3)12-4-5-13-11(6-12)7-14(26-13)17-22-21-16(25-17)9-24-10-20-15(8-19)23-24/h7,10,12H,4-6,9H2,1-3H3/t12-/m1/s1. The number of nitrogens with zero attached hydrogens (tertiary/aromatic N) is 6. The van der Waals surface area contributed by atoms with Crippen molar-refractivity contribution in [3.05, 3.63) is 34.5 Å². The molecule has 0 aromatic carbocycles. The molecule has 0 saturated heterocycles. The third kappa shape index (κ3) is 3.27. The zero-order valence-electron chi connectivity index (χ0n) is 15.1. The fraction of sp³-hybridized carbons (Fsp3) is 0.500. The zero-order chi connectivity index (χ0) is 18.3. The van der Waals surface area contributed by atoms with Gasteiger partial charge >= 0.3 is 0 Å². The number of aryl methyl sites for hydroxylation is 1. The summed E-state index contributed by atoms with van der Waals surface area (Å²) in [5.41, 5.74) is 1.75. The lowest BCUT2D eigenvalue weighted by atomic mass is 9.72. The zero-order valence-corrected chi connectivity index (χ0v) is 15.9. The Balaban J connectivity index is 1.52. The molecule has 1 atom stereocenters. The Morgan fingerprint density at radius 3 is 2.96 bits per heavy atom. The largest absolute Gasteiger partial charge is 0.418 e. The number of thiophene rings is 1. The lowest BCUT2D eigenvalue weighted by Gasteiger charge is -2.33. The van der Waals surface area contributed by atoms with Crippen LogP contribution in [-0.2, 0) is 19.4 Å². The average molecular weight is 368 g/mol. The SMILES string of the molecule is CC(C)(C)[C@@H]1CCc2sc(-c3nnc(Cn4cnc(C#N)n4)o3)cc2C1. The maximum atomic E-state index is 8.78. The summed E-state index contributed by atoms with van der Waals surface area (Å²) in [7, 11) is 0. The van der Waals surface area contributed by atoms with Gasteiger partial charge in [0.1, 0.15) is 18.9 Å². The van der Waals surface area contributed by atoms with Crippen LogP contribution >= 0.6 is 11.3 Å². The van der Waals surface area contributed by atoms with E-state index in [4.69, 9.17) is 9.68 Å². The third-order valence-corrected chi connectivity index (χ3v) is 6.14. The molecule has 0 saturated carbocycles. The minimum absolute atomic E-state index is 0.129. The summed E-state index contributed by atoms with van der Waals surface area (Å²) in [5.74, 6) is 1.84. The molecule has 1 aliphatic carbocycles. The molecule has 0 fully saturated rings.